The maximum atomic E-state index is 12.6. The molecule has 3 aromatic carbocycles. The number of benzene rings is 3. The standard InChI is InChI=1S/C30H33N3O2/c34-29(26-10-9-24-7-4-8-25(24)21-26)15-16-30(35)31-27-11-13-28(14-12-27)33-19-17-32(18-20-33)22-23-5-2-1-3-6-23/h1-3,5-6,9-14,21H,4,7-8,15-20,22H2,(H,31,35). The van der Waals surface area contributed by atoms with E-state index in [9.17, 15) is 9.59 Å². The zero-order chi connectivity index (χ0) is 24.0. The normalized spacial score (nSPS) is 15.6. The fraction of sp³-hybridized carbons (Fsp3) is 0.333. The second-order valence-corrected chi connectivity index (χ2v) is 9.60. The monoisotopic (exact) mass is 467 g/mol. The molecule has 5 rings (SSSR count). The Kier molecular flexibility index (Phi) is 7.24. The van der Waals surface area contributed by atoms with Gasteiger partial charge in [0.05, 0.1) is 0 Å². The van der Waals surface area contributed by atoms with Crippen molar-refractivity contribution >= 4 is 23.1 Å². The van der Waals surface area contributed by atoms with Gasteiger partial charge in [-0.2, -0.15) is 0 Å². The molecule has 1 aliphatic heterocycles. The van der Waals surface area contributed by atoms with Crippen molar-refractivity contribution in [2.45, 2.75) is 38.6 Å². The van der Waals surface area contributed by atoms with Crippen LogP contribution in [0.3, 0.4) is 0 Å². The van der Waals surface area contributed by atoms with Gasteiger partial charge < -0.3 is 10.2 Å². The third-order valence-corrected chi connectivity index (χ3v) is 7.14. The van der Waals surface area contributed by atoms with Crippen LogP contribution in [0.15, 0.2) is 72.8 Å². The number of nitrogens with zero attached hydrogens (tertiary/aromatic N) is 2. The van der Waals surface area contributed by atoms with E-state index in [-0.39, 0.29) is 24.5 Å². The van der Waals surface area contributed by atoms with Crippen LogP contribution in [0, 0.1) is 0 Å². The maximum Gasteiger partial charge on any atom is 0.224 e. The molecule has 0 saturated carbocycles. The number of amides is 1. The van der Waals surface area contributed by atoms with E-state index in [4.69, 9.17) is 0 Å². The minimum atomic E-state index is -0.123. The number of hydrogen-bond donors (Lipinski definition) is 1. The molecule has 2 aliphatic rings. The van der Waals surface area contributed by atoms with E-state index in [0.717, 1.165) is 56.8 Å². The summed E-state index contributed by atoms with van der Waals surface area (Å²) in [6, 6.07) is 24.6. The predicted octanol–water partition coefficient (Wildman–Crippen LogP) is 5.10. The average molecular weight is 468 g/mol. The van der Waals surface area contributed by atoms with Gasteiger partial charge in [0.15, 0.2) is 5.78 Å². The Morgan fingerprint density at radius 2 is 1.51 bits per heavy atom. The molecule has 3 aromatic rings. The molecular weight excluding hydrogens is 434 g/mol. The first-order valence-corrected chi connectivity index (χ1v) is 12.7. The van der Waals surface area contributed by atoms with Gasteiger partial charge in [-0.1, -0.05) is 42.5 Å². The summed E-state index contributed by atoms with van der Waals surface area (Å²) < 4.78 is 0. The van der Waals surface area contributed by atoms with Gasteiger partial charge in [0.25, 0.3) is 0 Å². The molecule has 0 aromatic heterocycles. The number of piperazine rings is 1. The van der Waals surface area contributed by atoms with Crippen molar-refractivity contribution in [3.05, 3.63) is 95.1 Å². The van der Waals surface area contributed by atoms with Gasteiger partial charge in [0.1, 0.15) is 0 Å². The van der Waals surface area contributed by atoms with E-state index < -0.39 is 0 Å². The maximum absolute atomic E-state index is 12.6. The summed E-state index contributed by atoms with van der Waals surface area (Å²) in [5, 5.41) is 2.94. The van der Waals surface area contributed by atoms with Gasteiger partial charge in [-0.25, -0.2) is 0 Å². The fourth-order valence-corrected chi connectivity index (χ4v) is 5.10. The van der Waals surface area contributed by atoms with Crippen LogP contribution in [-0.2, 0) is 24.2 Å². The third-order valence-electron chi connectivity index (χ3n) is 7.14. The van der Waals surface area contributed by atoms with Gasteiger partial charge in [-0.15, -0.1) is 0 Å². The molecule has 1 aliphatic carbocycles. The Hall–Kier alpha value is -3.44. The van der Waals surface area contributed by atoms with Crippen molar-refractivity contribution < 1.29 is 9.59 Å². The van der Waals surface area contributed by atoms with Crippen LogP contribution in [0.5, 0.6) is 0 Å². The highest BCUT2D eigenvalue weighted by atomic mass is 16.2. The quantitative estimate of drug-likeness (QED) is 0.469. The number of nitrogens with one attached hydrogen (secondary N) is 1. The molecule has 0 unspecified atom stereocenters. The summed E-state index contributed by atoms with van der Waals surface area (Å²) in [6.45, 7) is 5.04. The highest BCUT2D eigenvalue weighted by Gasteiger charge is 2.18. The molecule has 1 heterocycles. The van der Waals surface area contributed by atoms with Crippen molar-refractivity contribution in [1.82, 2.24) is 4.90 Å². The Labute approximate surface area is 207 Å². The third kappa shape index (κ3) is 5.98. The van der Waals surface area contributed by atoms with E-state index in [1.807, 2.05) is 24.3 Å². The summed E-state index contributed by atoms with van der Waals surface area (Å²) in [7, 11) is 0. The molecule has 1 N–H and O–H groups in total. The smallest absolute Gasteiger partial charge is 0.224 e. The number of carbonyl (C=O) groups excluding carboxylic acids is 2. The van der Waals surface area contributed by atoms with Crippen LogP contribution < -0.4 is 10.2 Å². The van der Waals surface area contributed by atoms with Crippen molar-refractivity contribution in [3.8, 4) is 0 Å². The number of Topliss-reactive ketones (excluding diaryl/α,β-unsaturated/α-hetero) is 1. The number of anilines is 2. The minimum Gasteiger partial charge on any atom is -0.369 e. The van der Waals surface area contributed by atoms with Crippen LogP contribution in [0.2, 0.25) is 0 Å². The van der Waals surface area contributed by atoms with Gasteiger partial charge >= 0.3 is 0 Å². The lowest BCUT2D eigenvalue weighted by Gasteiger charge is -2.36. The zero-order valence-electron chi connectivity index (χ0n) is 20.2. The molecule has 1 amide bonds. The molecular formula is C30H33N3O2. The van der Waals surface area contributed by atoms with Gasteiger partial charge in [0.2, 0.25) is 5.91 Å². The zero-order valence-corrected chi connectivity index (χ0v) is 20.2. The average Bonchev–Trinajstić information content (AvgIpc) is 3.37. The minimum absolute atomic E-state index is 0.0385. The Bertz CT molecular complexity index is 1170. The number of aryl methyl sites for hydroxylation is 2. The first-order chi connectivity index (χ1) is 17.1. The second-order valence-electron chi connectivity index (χ2n) is 9.60. The largest absolute Gasteiger partial charge is 0.369 e. The summed E-state index contributed by atoms with van der Waals surface area (Å²) in [5.74, 6) is -0.0848. The first kappa shape index (κ1) is 23.3. The van der Waals surface area contributed by atoms with Gasteiger partial charge in [0, 0.05) is 62.5 Å². The van der Waals surface area contributed by atoms with Crippen LogP contribution in [0.4, 0.5) is 11.4 Å². The van der Waals surface area contributed by atoms with Crippen LogP contribution in [0.25, 0.3) is 0 Å². The molecule has 0 spiro atoms. The van der Waals surface area contributed by atoms with E-state index in [1.54, 1.807) is 0 Å². The number of carbonyl (C=O) groups is 2. The predicted molar refractivity (Wildman–Crippen MR) is 141 cm³/mol. The molecule has 0 atom stereocenters. The van der Waals surface area contributed by atoms with E-state index in [2.05, 4.69) is 63.6 Å². The Morgan fingerprint density at radius 3 is 2.29 bits per heavy atom. The topological polar surface area (TPSA) is 52.7 Å². The molecule has 35 heavy (non-hydrogen) atoms. The molecule has 0 bridgehead atoms. The molecule has 180 valence electrons. The van der Waals surface area contributed by atoms with Crippen LogP contribution >= 0.6 is 0 Å². The summed E-state index contributed by atoms with van der Waals surface area (Å²) in [4.78, 5) is 29.9. The van der Waals surface area contributed by atoms with E-state index in [1.165, 1.54) is 28.8 Å². The van der Waals surface area contributed by atoms with Crippen molar-refractivity contribution in [2.75, 3.05) is 36.4 Å². The van der Waals surface area contributed by atoms with E-state index >= 15 is 0 Å². The molecule has 1 fully saturated rings. The number of fused-ring (bicyclic) bond motifs is 1. The molecule has 1 saturated heterocycles. The number of hydrogen-bond acceptors (Lipinski definition) is 4. The van der Waals surface area contributed by atoms with Gasteiger partial charge in [-0.3, -0.25) is 14.5 Å². The highest BCUT2D eigenvalue weighted by Crippen LogP contribution is 2.24. The van der Waals surface area contributed by atoms with Gasteiger partial charge in [-0.05, 0) is 66.3 Å². The summed E-state index contributed by atoms with van der Waals surface area (Å²) in [5.41, 5.74) is 6.68. The van der Waals surface area contributed by atoms with Crippen LogP contribution in [0.1, 0.15) is 46.3 Å². The van der Waals surface area contributed by atoms with Crippen molar-refractivity contribution in [1.29, 1.82) is 0 Å². The molecule has 5 heteroatoms. The number of rotatable bonds is 8. The van der Waals surface area contributed by atoms with Crippen molar-refractivity contribution in [2.24, 2.45) is 0 Å². The summed E-state index contributed by atoms with van der Waals surface area (Å²) >= 11 is 0. The molecule has 5 nitrogen and oxygen atoms in total. The molecule has 0 radical (unpaired) electrons. The fourth-order valence-electron chi connectivity index (χ4n) is 5.10. The lowest BCUT2D eigenvalue weighted by atomic mass is 10.0. The second kappa shape index (κ2) is 10.9. The van der Waals surface area contributed by atoms with Crippen molar-refractivity contribution in [3.63, 3.8) is 0 Å². The SMILES string of the molecule is O=C(CCC(=O)c1ccc2c(c1)CCC2)Nc1ccc(N2CCN(Cc3ccccc3)CC2)cc1. The highest BCUT2D eigenvalue weighted by molar-refractivity contribution is 6.00. The lowest BCUT2D eigenvalue weighted by molar-refractivity contribution is -0.116. The van der Waals surface area contributed by atoms with Crippen LogP contribution in [-0.4, -0.2) is 42.8 Å². The first-order valence-electron chi connectivity index (χ1n) is 12.7. The van der Waals surface area contributed by atoms with E-state index in [0.29, 0.717) is 0 Å². The Morgan fingerprint density at radius 1 is 0.771 bits per heavy atom. The Balaban J connectivity index is 1.07. The summed E-state index contributed by atoms with van der Waals surface area (Å²) in [6.07, 6.45) is 3.75. The number of ketones is 1. The lowest BCUT2D eigenvalue weighted by Crippen LogP contribution is -2.45.